The van der Waals surface area contributed by atoms with Gasteiger partial charge in [-0.25, -0.2) is 0 Å². The Balaban J connectivity index is 0. The molecule has 0 aliphatic rings. The van der Waals surface area contributed by atoms with E-state index in [-0.39, 0.29) is 80.1 Å². The Hall–Kier alpha value is 2.23. The van der Waals surface area contributed by atoms with Crippen LogP contribution in [0.5, 0.6) is 0 Å². The molecule has 0 radical (unpaired) electrons. The summed E-state index contributed by atoms with van der Waals surface area (Å²) in [4.78, 5) is 0. The maximum Gasteiger partial charge on any atom is 4.00 e. The van der Waals surface area contributed by atoms with E-state index in [9.17, 15) is 0 Å². The average Bonchev–Trinajstić information content (AvgIpc) is 0. The van der Waals surface area contributed by atoms with Gasteiger partial charge in [-0.15, -0.1) is 0 Å². The molecule has 0 spiro atoms. The van der Waals surface area contributed by atoms with Gasteiger partial charge in [-0.1, -0.05) is 0 Å². The van der Waals surface area contributed by atoms with E-state index in [1.807, 2.05) is 0 Å². The summed E-state index contributed by atoms with van der Waals surface area (Å²) >= 11 is 0. The van der Waals surface area contributed by atoms with E-state index >= 15 is 0 Å². The fraction of sp³-hybridized carbons (Fsp3) is 0. The van der Waals surface area contributed by atoms with Crippen LogP contribution in [0.3, 0.4) is 0 Å². The van der Waals surface area contributed by atoms with Crippen molar-refractivity contribution in [2.24, 2.45) is 0 Å². The van der Waals surface area contributed by atoms with Crippen LogP contribution in [-0.4, -0.2) is 0 Å². The second-order valence-electron chi connectivity index (χ2n) is 0. The maximum atomic E-state index is 0. The Morgan fingerprint density at radius 1 is 0.750 bits per heavy atom. The van der Waals surface area contributed by atoms with Crippen LogP contribution in [0, 0.1) is 69.1 Å². The van der Waals surface area contributed by atoms with Gasteiger partial charge in [-0.3, -0.25) is 0 Å². The van der Waals surface area contributed by atoms with Gasteiger partial charge in [0.2, 0.25) is 0 Å². The van der Waals surface area contributed by atoms with Crippen LogP contribution in [0.1, 0.15) is 0 Å². The van der Waals surface area contributed by atoms with Gasteiger partial charge in [0, 0.05) is 0 Å². The summed E-state index contributed by atoms with van der Waals surface area (Å²) in [6, 6.07) is 0. The number of hydrogen-bond donors (Lipinski definition) is 0. The Morgan fingerprint density at radius 2 is 0.750 bits per heavy atom. The molecule has 0 atom stereocenters. The summed E-state index contributed by atoms with van der Waals surface area (Å²) in [6.45, 7) is 0. The van der Waals surface area contributed by atoms with Crippen molar-refractivity contribution in [3.63, 3.8) is 0 Å². The molecular formula is O2PuTh+4. The minimum absolute atomic E-state index is 0. The van der Waals surface area contributed by atoms with Crippen molar-refractivity contribution in [1.29, 1.82) is 0 Å². The molecule has 0 aliphatic carbocycles. The summed E-state index contributed by atoms with van der Waals surface area (Å²) in [5.74, 6) is 0. The third kappa shape index (κ3) is 8.87. The minimum atomic E-state index is 0. The number of rotatable bonds is 0. The fourth-order valence-electron chi connectivity index (χ4n) is 0. The van der Waals surface area contributed by atoms with Gasteiger partial charge in [-0.2, -0.15) is 0 Å². The molecule has 0 amide bonds. The van der Waals surface area contributed by atoms with Crippen LogP contribution in [0.4, 0.5) is 0 Å². The minimum Gasteiger partial charge on any atom is -2.00 e. The van der Waals surface area contributed by atoms with Crippen molar-refractivity contribution >= 4 is 0 Å². The molecule has 4 heavy (non-hydrogen) atoms. The molecule has 0 saturated heterocycles. The summed E-state index contributed by atoms with van der Waals surface area (Å²) in [5.41, 5.74) is 0. The molecule has 0 aromatic heterocycles. The van der Waals surface area contributed by atoms with Gasteiger partial charge in [0.1, 0.15) is 0 Å². The Kier molecular flexibility index (Phi) is 161. The van der Waals surface area contributed by atoms with Crippen LogP contribution in [0.15, 0.2) is 0 Å². The topological polar surface area (TPSA) is 57.0 Å². The largest absolute Gasteiger partial charge is 4.00 e. The fourth-order valence-corrected chi connectivity index (χ4v) is 0. The van der Waals surface area contributed by atoms with Crippen molar-refractivity contribution in [1.82, 2.24) is 0 Å². The first kappa shape index (κ1) is 34.2. The zero-order valence-corrected chi connectivity index (χ0v) is 9.23. The number of hydrogen-bond acceptors (Lipinski definition) is 0. The zero-order chi connectivity index (χ0) is 0. The first-order chi connectivity index (χ1) is 0. The second kappa shape index (κ2) is 18.8. The van der Waals surface area contributed by atoms with E-state index in [0.717, 1.165) is 0 Å². The van der Waals surface area contributed by atoms with Gasteiger partial charge in [0.15, 0.2) is 0 Å². The summed E-state index contributed by atoms with van der Waals surface area (Å²) in [7, 11) is 0. The molecule has 0 fully saturated rings. The van der Waals surface area contributed by atoms with Crippen LogP contribution >= 0.6 is 0 Å². The van der Waals surface area contributed by atoms with E-state index in [1.165, 1.54) is 0 Å². The summed E-state index contributed by atoms with van der Waals surface area (Å²) in [6.07, 6.45) is 0. The van der Waals surface area contributed by atoms with Crippen molar-refractivity contribution in [3.8, 4) is 0 Å². The molecule has 0 saturated carbocycles. The third-order valence-electron chi connectivity index (χ3n) is 0. The van der Waals surface area contributed by atoms with Crippen molar-refractivity contribution in [3.05, 3.63) is 0 Å². The summed E-state index contributed by atoms with van der Waals surface area (Å²) in [5, 5.41) is 0. The average molecular weight is 508 g/mol. The first-order valence-electron chi connectivity index (χ1n) is 0. The monoisotopic (exact) mass is 502 g/mol. The molecular weight excluding hydrogens is 508 g/mol. The Morgan fingerprint density at radius 3 is 0.750 bits per heavy atom. The molecule has 0 aromatic carbocycles. The van der Waals surface area contributed by atoms with Gasteiger partial charge in [-0.05, 0) is 0 Å². The van der Waals surface area contributed by atoms with Crippen molar-refractivity contribution < 1.29 is 80.1 Å². The zero-order valence-electron chi connectivity index (χ0n) is 1.72. The summed E-state index contributed by atoms with van der Waals surface area (Å²) < 4.78 is 0. The van der Waals surface area contributed by atoms with Crippen LogP contribution in [-0.2, 0) is 11.0 Å². The van der Waals surface area contributed by atoms with E-state index in [4.69, 9.17) is 0 Å². The predicted octanol–water partition coefficient (Wildman–Crippen LogP) is -0.238. The van der Waals surface area contributed by atoms with Gasteiger partial charge >= 0.3 is 69.1 Å². The maximum absolute atomic E-state index is 0. The standard InChI is InChI=1S/2O.Pu.Th/q2*-2;2*+4. The van der Waals surface area contributed by atoms with Crippen molar-refractivity contribution in [2.45, 2.75) is 0 Å². The molecule has 0 N–H and O–H groups in total. The molecule has 0 aliphatic heterocycles. The van der Waals surface area contributed by atoms with E-state index < -0.39 is 0 Å². The third-order valence-corrected chi connectivity index (χ3v) is 0. The van der Waals surface area contributed by atoms with E-state index in [2.05, 4.69) is 0 Å². The van der Waals surface area contributed by atoms with Crippen LogP contribution in [0.25, 0.3) is 0 Å². The molecule has 0 rings (SSSR count). The smallest absolute Gasteiger partial charge is 2.00 e. The van der Waals surface area contributed by atoms with Crippen LogP contribution in [0.2, 0.25) is 0 Å². The molecule has 0 bridgehead atoms. The van der Waals surface area contributed by atoms with Gasteiger partial charge in [0.25, 0.3) is 0 Å². The molecule has 2 nitrogen and oxygen atoms in total. The quantitative estimate of drug-likeness (QED) is 0.435. The predicted molar refractivity (Wildman–Crippen MR) is 1.37 cm³/mol. The Bertz CT molecular complexity index is 6.00. The van der Waals surface area contributed by atoms with Gasteiger partial charge < -0.3 is 11.0 Å². The van der Waals surface area contributed by atoms with Crippen molar-refractivity contribution in [2.75, 3.05) is 0 Å². The van der Waals surface area contributed by atoms with Crippen LogP contribution < -0.4 is 0 Å². The Labute approximate surface area is 78.6 Å². The normalized spacial score (nSPS) is 0. The van der Waals surface area contributed by atoms with E-state index in [0.29, 0.717) is 0 Å². The molecule has 0 aromatic rings. The molecule has 0 unspecified atom stereocenters. The molecule has 4 heteroatoms. The SMILES string of the molecule is [O-2].[O-2].[Pu+4].[Th+4]. The molecule has 0 heterocycles. The van der Waals surface area contributed by atoms with E-state index in [1.54, 1.807) is 0 Å². The van der Waals surface area contributed by atoms with Gasteiger partial charge in [0.05, 0.1) is 0 Å². The second-order valence-corrected chi connectivity index (χ2v) is 0. The first-order valence-corrected chi connectivity index (χ1v) is 0. The molecule has 18 valence electrons.